The largest absolute Gasteiger partial charge is 0.373 e. The lowest BCUT2D eigenvalue weighted by molar-refractivity contribution is -0.197. The maximum absolute atomic E-state index is 12.1. The summed E-state index contributed by atoms with van der Waals surface area (Å²) < 4.78 is 0. The highest BCUT2D eigenvalue weighted by atomic mass is 16.7. The summed E-state index contributed by atoms with van der Waals surface area (Å²) in [5, 5.41) is 17.5. The molecule has 35 heteroatoms. The van der Waals surface area contributed by atoms with E-state index >= 15 is 0 Å². The molecule has 0 aromatic carbocycles. The Morgan fingerprint density at radius 3 is 0.800 bits per heavy atom. The number of hydrogen-bond donors (Lipinski definition) is 8. The third-order valence-electron chi connectivity index (χ3n) is 18.1. The van der Waals surface area contributed by atoms with Crippen molar-refractivity contribution < 1.29 is 106 Å². The van der Waals surface area contributed by atoms with Crippen LogP contribution in [0.4, 0.5) is 0 Å². The first-order valence-electron chi connectivity index (χ1n) is 36.9. The summed E-state index contributed by atoms with van der Waals surface area (Å²) in [5.41, 5.74) is 20.4. The van der Waals surface area contributed by atoms with E-state index < -0.39 is 95.0 Å². The Hall–Kier alpha value is -9.11. The lowest BCUT2D eigenvalue weighted by Crippen LogP contribution is -2.45. The number of hydrogen-bond acceptors (Lipinski definition) is 23. The highest BCUT2D eigenvalue weighted by molar-refractivity contribution is 6.03. The van der Waals surface area contributed by atoms with Gasteiger partial charge in [-0.15, -0.1) is 10.1 Å². The molecule has 0 spiro atoms. The SMILES string of the molecule is C1CCCCCCCCCCCCCCCCC1.CCC(=O)NCC1CC(=O)N([C@H](CC)C(N)=O)C1.CC[C@H](C(N)=O)N1CC(CNC(=O)CCC(=O)ON2C(=O)CCC2=O)CC1=O.CC[C@H](C(N)=O)N1CC(CNC(=O)CCC(=O)ON2C(=O)CCC2=O)CC1=O.CN.O=C1CCC(=O)N1O.O=C=O. The van der Waals surface area contributed by atoms with Crippen LogP contribution in [0.2, 0.25) is 0 Å². The van der Waals surface area contributed by atoms with E-state index in [9.17, 15) is 81.5 Å². The van der Waals surface area contributed by atoms with Gasteiger partial charge in [0.05, 0.1) is 12.8 Å². The highest BCUT2D eigenvalue weighted by Crippen LogP contribution is 2.25. The van der Waals surface area contributed by atoms with Crippen molar-refractivity contribution in [2.75, 3.05) is 46.3 Å². The Labute approximate surface area is 613 Å². The second-order valence-corrected chi connectivity index (χ2v) is 26.2. The predicted octanol–water partition coefficient (Wildman–Crippen LogP) is 2.37. The molecule has 7 fully saturated rings. The number of nitrogens with zero attached hydrogens (tertiary/aromatic N) is 6. The Kier molecular flexibility index (Phi) is 48.0. The van der Waals surface area contributed by atoms with Crippen molar-refractivity contribution in [2.45, 2.75) is 271 Å². The number of nitrogens with two attached hydrogens (primary N) is 4. The molecule has 6 heterocycles. The Morgan fingerprint density at radius 1 is 0.390 bits per heavy atom. The average molecular weight is 1490 g/mol. The first-order chi connectivity index (χ1) is 50.1. The molecule has 592 valence electrons. The highest BCUT2D eigenvalue weighted by Gasteiger charge is 2.40. The van der Waals surface area contributed by atoms with Crippen LogP contribution >= 0.6 is 0 Å². The van der Waals surface area contributed by atoms with Crippen LogP contribution in [0, 0.1) is 17.8 Å². The van der Waals surface area contributed by atoms with Crippen LogP contribution in [-0.4, -0.2) is 206 Å². The zero-order valence-corrected chi connectivity index (χ0v) is 62.0. The minimum Gasteiger partial charge on any atom is -0.368 e. The number of imide groups is 3. The summed E-state index contributed by atoms with van der Waals surface area (Å²) in [5.74, 6) is -8.19. The lowest BCUT2D eigenvalue weighted by atomic mass is 10.0. The molecule has 6 aliphatic heterocycles. The first kappa shape index (κ1) is 93.9. The van der Waals surface area contributed by atoms with Crippen molar-refractivity contribution in [3.05, 3.63) is 0 Å². The molecule has 1 saturated carbocycles. The number of carbonyl (C=O) groups excluding carboxylic acids is 19. The van der Waals surface area contributed by atoms with Crippen LogP contribution in [0.25, 0.3) is 0 Å². The molecular formula is C70H115N13O22. The van der Waals surface area contributed by atoms with Crippen molar-refractivity contribution >= 4 is 107 Å². The maximum Gasteiger partial charge on any atom is 0.373 e. The van der Waals surface area contributed by atoms with Gasteiger partial charge in [-0.3, -0.25) is 77.1 Å². The van der Waals surface area contributed by atoms with Gasteiger partial charge in [-0.05, 0) is 26.3 Å². The minimum absolute atomic E-state index is 0.00162. The van der Waals surface area contributed by atoms with Crippen molar-refractivity contribution in [2.24, 2.45) is 40.7 Å². The van der Waals surface area contributed by atoms with E-state index in [-0.39, 0.29) is 143 Å². The van der Waals surface area contributed by atoms with Gasteiger partial charge in [0, 0.05) is 134 Å². The number of rotatable bonds is 24. The number of hydroxylamine groups is 6. The molecular weight excluding hydrogens is 1370 g/mol. The predicted molar refractivity (Wildman–Crippen MR) is 373 cm³/mol. The first-order valence-corrected chi connectivity index (χ1v) is 36.9. The summed E-state index contributed by atoms with van der Waals surface area (Å²) in [6, 6.07) is -1.83. The van der Waals surface area contributed by atoms with Gasteiger partial charge in [0.25, 0.3) is 35.4 Å². The Morgan fingerprint density at radius 2 is 0.610 bits per heavy atom. The molecule has 0 bridgehead atoms. The smallest absolute Gasteiger partial charge is 0.368 e. The van der Waals surface area contributed by atoms with Gasteiger partial charge in [0.15, 0.2) is 0 Å². The fraction of sp³-hybridized carbons (Fsp3) is 0.743. The quantitative estimate of drug-likeness (QED) is 0.0508. The zero-order chi connectivity index (χ0) is 79.0. The molecule has 7 rings (SSSR count). The van der Waals surface area contributed by atoms with Gasteiger partial charge in [-0.2, -0.15) is 14.7 Å². The van der Waals surface area contributed by atoms with Crippen LogP contribution < -0.4 is 38.9 Å². The summed E-state index contributed by atoms with van der Waals surface area (Å²) in [4.78, 5) is 224. The van der Waals surface area contributed by atoms with E-state index in [1.165, 1.54) is 137 Å². The average Bonchev–Trinajstić information content (AvgIpc) is 1.73. The molecule has 1 aliphatic carbocycles. The molecule has 6 saturated heterocycles. The fourth-order valence-corrected chi connectivity index (χ4v) is 12.3. The number of primary amides is 3. The van der Waals surface area contributed by atoms with E-state index in [0.717, 1.165) is 0 Å². The van der Waals surface area contributed by atoms with E-state index in [4.69, 9.17) is 32.0 Å². The molecule has 15 amide bonds. The molecule has 35 nitrogen and oxygen atoms in total. The van der Waals surface area contributed by atoms with E-state index in [1.807, 2.05) is 6.92 Å². The van der Waals surface area contributed by atoms with Crippen molar-refractivity contribution in [3.8, 4) is 0 Å². The van der Waals surface area contributed by atoms with Crippen molar-refractivity contribution in [1.82, 2.24) is 45.8 Å². The normalized spacial score (nSPS) is 20.3. The van der Waals surface area contributed by atoms with E-state index in [0.29, 0.717) is 68.4 Å². The maximum atomic E-state index is 12.1. The van der Waals surface area contributed by atoms with Crippen LogP contribution in [-0.2, 0) is 101 Å². The molecule has 6 atom stereocenters. The minimum atomic E-state index is -0.854. The molecule has 0 aromatic rings. The monoisotopic (exact) mass is 1490 g/mol. The molecule has 0 radical (unpaired) electrons. The second kappa shape index (κ2) is 53.6. The van der Waals surface area contributed by atoms with Gasteiger partial charge in [-0.1, -0.05) is 143 Å². The molecule has 12 N–H and O–H groups in total. The van der Waals surface area contributed by atoms with Gasteiger partial charge < -0.3 is 63.3 Å². The summed E-state index contributed by atoms with van der Waals surface area (Å²) in [6.07, 6.45) is 29.2. The Balaban J connectivity index is 0.000000671. The number of amides is 15. The zero-order valence-electron chi connectivity index (χ0n) is 62.0. The molecule has 105 heavy (non-hydrogen) atoms. The molecule has 3 unspecified atom stereocenters. The third kappa shape index (κ3) is 36.9. The summed E-state index contributed by atoms with van der Waals surface area (Å²) >= 11 is 0. The van der Waals surface area contributed by atoms with Crippen molar-refractivity contribution in [3.63, 3.8) is 0 Å². The van der Waals surface area contributed by atoms with Gasteiger partial charge in [-0.25, -0.2) is 9.59 Å². The van der Waals surface area contributed by atoms with Gasteiger partial charge in [0.2, 0.25) is 53.2 Å². The van der Waals surface area contributed by atoms with Crippen molar-refractivity contribution in [1.29, 1.82) is 0 Å². The van der Waals surface area contributed by atoms with E-state index in [1.54, 1.807) is 20.8 Å². The number of carbonyl (C=O) groups is 17. The topological polar surface area (TPSA) is 523 Å². The van der Waals surface area contributed by atoms with Gasteiger partial charge >= 0.3 is 18.1 Å². The second-order valence-electron chi connectivity index (χ2n) is 26.2. The summed E-state index contributed by atoms with van der Waals surface area (Å²) in [7, 11) is 1.50. The van der Waals surface area contributed by atoms with Crippen LogP contribution in [0.15, 0.2) is 0 Å². The summed E-state index contributed by atoms with van der Waals surface area (Å²) in [6.45, 7) is 9.18. The molecule has 7 aliphatic rings. The van der Waals surface area contributed by atoms with Crippen LogP contribution in [0.1, 0.15) is 252 Å². The van der Waals surface area contributed by atoms with Crippen LogP contribution in [0.5, 0.6) is 0 Å². The Bertz CT molecular complexity index is 2690. The van der Waals surface area contributed by atoms with Gasteiger partial charge in [0.1, 0.15) is 18.1 Å². The lowest BCUT2D eigenvalue weighted by Gasteiger charge is -2.24. The number of likely N-dealkylation sites (tertiary alicyclic amines) is 3. The number of nitrogens with one attached hydrogen (secondary N) is 3. The molecule has 0 aromatic heterocycles. The standard InChI is InChI=1S/C18H36.2C17H24N4O7.C12H21N3O3.C4H5NO3.CH5N.CO2/c1-2-4-6-8-10-12-14-16-18-17-15-13-11-9-7-5-3-1;2*1-2-11(17(18)27)20-9-10(7-15(20)25)8-19-12(22)3-6-16(26)28-21-13(23)4-5-14(21)24;1-3-9(12(13)18)15-7-8(5-11(15)17)6-14-10(16)4-2;6-3-1-2-4(7)5(3)8;1-2;2-1-3/h1-18H2;2*10-11H,2-9H2,1H3,(H2,18,27)(H,19,22);8-9H,3-7H2,1-2H3,(H2,13,18)(H,14,16);8H,1-2H2;2H2,1H3;/t;2*10?,11-;8?,9-;;;/m.111.../s1. The van der Waals surface area contributed by atoms with E-state index in [2.05, 4.69) is 31.4 Å². The third-order valence-corrected chi connectivity index (χ3v) is 18.1. The van der Waals surface area contributed by atoms with Crippen LogP contribution in [0.3, 0.4) is 0 Å². The fourth-order valence-electron chi connectivity index (χ4n) is 12.3.